The van der Waals surface area contributed by atoms with Gasteiger partial charge in [-0.25, -0.2) is 4.79 Å². The third-order valence-electron chi connectivity index (χ3n) is 2.29. The minimum absolute atomic E-state index is 0.194. The van der Waals surface area contributed by atoms with Gasteiger partial charge in [-0.2, -0.15) is 8.42 Å². The largest absolute Gasteiger partial charge is 0.444 e. The molecular weight excluding hydrogens is 274 g/mol. The van der Waals surface area contributed by atoms with Crippen molar-refractivity contribution in [3.8, 4) is 0 Å². The first kappa shape index (κ1) is 16.2. The molecule has 0 aliphatic carbocycles. The number of rotatable bonds is 3. The molecule has 0 radical (unpaired) electrons. The van der Waals surface area contributed by atoms with E-state index in [0.29, 0.717) is 13.0 Å². The standard InChI is InChI=1S/C11H21NO6S/c1-11(2,3)17-10(13)12-8-7-16-6-5-9(8)18-19(4,14)15/h8-9H,5-7H2,1-4H3,(H,12,13). The number of amides is 1. The number of hydrogen-bond acceptors (Lipinski definition) is 6. The summed E-state index contributed by atoms with van der Waals surface area (Å²) in [6.45, 7) is 5.82. The molecule has 1 rings (SSSR count). The van der Waals surface area contributed by atoms with Crippen LogP contribution in [0.15, 0.2) is 0 Å². The van der Waals surface area contributed by atoms with Gasteiger partial charge in [0.15, 0.2) is 0 Å². The summed E-state index contributed by atoms with van der Waals surface area (Å²) in [4.78, 5) is 11.6. The molecule has 112 valence electrons. The van der Waals surface area contributed by atoms with Crippen LogP contribution in [0, 0.1) is 0 Å². The van der Waals surface area contributed by atoms with Crippen molar-refractivity contribution in [2.45, 2.75) is 44.9 Å². The second kappa shape index (κ2) is 6.06. The maximum atomic E-state index is 11.6. The van der Waals surface area contributed by atoms with Crippen LogP contribution in [0.4, 0.5) is 4.79 Å². The van der Waals surface area contributed by atoms with E-state index >= 15 is 0 Å². The predicted molar refractivity (Wildman–Crippen MR) is 68.3 cm³/mol. The molecule has 19 heavy (non-hydrogen) atoms. The van der Waals surface area contributed by atoms with Crippen molar-refractivity contribution in [1.82, 2.24) is 5.32 Å². The molecular formula is C11H21NO6S. The Kier molecular flexibility index (Phi) is 5.17. The monoisotopic (exact) mass is 295 g/mol. The molecule has 0 aromatic heterocycles. The summed E-state index contributed by atoms with van der Waals surface area (Å²) in [7, 11) is -3.58. The molecule has 1 aliphatic heterocycles. The quantitative estimate of drug-likeness (QED) is 0.769. The average Bonchev–Trinajstić information content (AvgIpc) is 2.15. The Morgan fingerprint density at radius 3 is 2.53 bits per heavy atom. The zero-order chi connectivity index (χ0) is 14.7. The van der Waals surface area contributed by atoms with Gasteiger partial charge in [0.25, 0.3) is 10.1 Å². The highest BCUT2D eigenvalue weighted by atomic mass is 32.2. The first-order valence-electron chi connectivity index (χ1n) is 6.02. The second-order valence-electron chi connectivity index (χ2n) is 5.46. The minimum atomic E-state index is -3.58. The number of ether oxygens (including phenoxy) is 2. The molecule has 0 aromatic carbocycles. The first-order chi connectivity index (χ1) is 8.57. The normalized spacial score (nSPS) is 24.8. The molecule has 1 aliphatic rings. The lowest BCUT2D eigenvalue weighted by Crippen LogP contribution is -2.52. The van der Waals surface area contributed by atoms with Crippen molar-refractivity contribution in [2.75, 3.05) is 19.5 Å². The molecule has 0 spiro atoms. The van der Waals surface area contributed by atoms with Gasteiger partial charge in [-0.1, -0.05) is 0 Å². The molecule has 7 nitrogen and oxygen atoms in total. The Balaban J connectivity index is 2.60. The van der Waals surface area contributed by atoms with E-state index in [0.717, 1.165) is 6.26 Å². The fraction of sp³-hybridized carbons (Fsp3) is 0.909. The van der Waals surface area contributed by atoms with Crippen LogP contribution in [0.1, 0.15) is 27.2 Å². The Hall–Kier alpha value is -0.860. The van der Waals surface area contributed by atoms with E-state index in [2.05, 4.69) is 5.32 Å². The van der Waals surface area contributed by atoms with Crippen LogP contribution < -0.4 is 5.32 Å². The van der Waals surface area contributed by atoms with Crippen molar-refractivity contribution in [3.05, 3.63) is 0 Å². The summed E-state index contributed by atoms with van der Waals surface area (Å²) in [6.07, 6.45) is 0.127. The lowest BCUT2D eigenvalue weighted by molar-refractivity contribution is -0.00894. The zero-order valence-corrected chi connectivity index (χ0v) is 12.5. The summed E-state index contributed by atoms with van der Waals surface area (Å²) >= 11 is 0. The van der Waals surface area contributed by atoms with E-state index in [1.165, 1.54) is 0 Å². The van der Waals surface area contributed by atoms with Gasteiger partial charge in [-0.3, -0.25) is 4.18 Å². The second-order valence-corrected chi connectivity index (χ2v) is 7.06. The van der Waals surface area contributed by atoms with E-state index < -0.39 is 34.0 Å². The van der Waals surface area contributed by atoms with Crippen LogP contribution in [-0.4, -0.2) is 51.7 Å². The van der Waals surface area contributed by atoms with Gasteiger partial charge < -0.3 is 14.8 Å². The van der Waals surface area contributed by atoms with Crippen LogP contribution in [0.2, 0.25) is 0 Å². The molecule has 2 atom stereocenters. The number of hydrogen-bond donors (Lipinski definition) is 1. The van der Waals surface area contributed by atoms with E-state index in [-0.39, 0.29) is 6.61 Å². The maximum Gasteiger partial charge on any atom is 0.408 e. The van der Waals surface area contributed by atoms with Crippen molar-refractivity contribution >= 4 is 16.2 Å². The molecule has 1 N–H and O–H groups in total. The van der Waals surface area contributed by atoms with Crippen molar-refractivity contribution in [2.24, 2.45) is 0 Å². The van der Waals surface area contributed by atoms with Gasteiger partial charge in [0, 0.05) is 13.0 Å². The fourth-order valence-electron chi connectivity index (χ4n) is 1.65. The SMILES string of the molecule is CC(C)(C)OC(=O)NC1COCCC1OS(C)(=O)=O. The lowest BCUT2D eigenvalue weighted by atomic mass is 10.1. The predicted octanol–water partition coefficient (Wildman–Crippen LogP) is 0.645. The van der Waals surface area contributed by atoms with Gasteiger partial charge in [-0.15, -0.1) is 0 Å². The highest BCUT2D eigenvalue weighted by Gasteiger charge is 2.32. The van der Waals surface area contributed by atoms with E-state index in [4.69, 9.17) is 13.7 Å². The summed E-state index contributed by atoms with van der Waals surface area (Å²) < 4.78 is 37.6. The fourth-order valence-corrected chi connectivity index (χ4v) is 2.33. The molecule has 0 bridgehead atoms. The van der Waals surface area contributed by atoms with Crippen molar-refractivity contribution in [1.29, 1.82) is 0 Å². The van der Waals surface area contributed by atoms with Crippen molar-refractivity contribution in [3.63, 3.8) is 0 Å². The van der Waals surface area contributed by atoms with E-state index in [1.54, 1.807) is 20.8 Å². The molecule has 2 unspecified atom stereocenters. The van der Waals surface area contributed by atoms with Gasteiger partial charge in [0.2, 0.25) is 0 Å². The molecule has 8 heteroatoms. The Bertz CT molecular complexity index is 413. The van der Waals surface area contributed by atoms with Gasteiger partial charge in [0.05, 0.1) is 18.9 Å². The molecule has 1 heterocycles. The summed E-state index contributed by atoms with van der Waals surface area (Å²) in [5, 5.41) is 2.57. The molecule has 1 amide bonds. The van der Waals surface area contributed by atoms with Gasteiger partial charge in [0.1, 0.15) is 11.7 Å². The van der Waals surface area contributed by atoms with E-state index in [1.807, 2.05) is 0 Å². The highest BCUT2D eigenvalue weighted by molar-refractivity contribution is 7.86. The van der Waals surface area contributed by atoms with E-state index in [9.17, 15) is 13.2 Å². The minimum Gasteiger partial charge on any atom is -0.444 e. The number of nitrogens with one attached hydrogen (secondary N) is 1. The highest BCUT2D eigenvalue weighted by Crippen LogP contribution is 2.15. The lowest BCUT2D eigenvalue weighted by Gasteiger charge is -2.31. The Labute approximate surface area is 113 Å². The summed E-state index contributed by atoms with van der Waals surface area (Å²) in [5.41, 5.74) is -0.618. The molecule has 0 saturated carbocycles. The molecule has 1 saturated heterocycles. The van der Waals surface area contributed by atoms with Crippen LogP contribution >= 0.6 is 0 Å². The number of carbonyl (C=O) groups is 1. The zero-order valence-electron chi connectivity index (χ0n) is 11.6. The van der Waals surface area contributed by atoms with Gasteiger partial charge >= 0.3 is 6.09 Å². The average molecular weight is 295 g/mol. The molecule has 0 aromatic rings. The van der Waals surface area contributed by atoms with Gasteiger partial charge in [-0.05, 0) is 20.8 Å². The first-order valence-corrected chi connectivity index (χ1v) is 7.84. The maximum absolute atomic E-state index is 11.6. The topological polar surface area (TPSA) is 90.9 Å². The molecule has 1 fully saturated rings. The number of carbonyl (C=O) groups excluding carboxylic acids is 1. The van der Waals surface area contributed by atoms with Crippen LogP contribution in [-0.2, 0) is 23.8 Å². The van der Waals surface area contributed by atoms with Crippen LogP contribution in [0.3, 0.4) is 0 Å². The Morgan fingerprint density at radius 1 is 1.37 bits per heavy atom. The van der Waals surface area contributed by atoms with Crippen LogP contribution in [0.5, 0.6) is 0 Å². The smallest absolute Gasteiger partial charge is 0.408 e. The third-order valence-corrected chi connectivity index (χ3v) is 2.89. The number of alkyl carbamates (subject to hydrolysis) is 1. The third kappa shape index (κ3) is 6.74. The summed E-state index contributed by atoms with van der Waals surface area (Å²) in [5.74, 6) is 0. The van der Waals surface area contributed by atoms with Crippen LogP contribution in [0.25, 0.3) is 0 Å². The summed E-state index contributed by atoms with van der Waals surface area (Å²) in [6, 6.07) is -0.543. The Morgan fingerprint density at radius 2 is 2.00 bits per heavy atom. The van der Waals surface area contributed by atoms with Crippen molar-refractivity contribution < 1.29 is 26.9 Å².